The molecule has 1 aliphatic rings. The van der Waals surface area contributed by atoms with E-state index in [1.54, 1.807) is 41.5 Å². The third-order valence-electron chi connectivity index (χ3n) is 4.14. The minimum absolute atomic E-state index is 0.392. The van der Waals surface area contributed by atoms with Crippen molar-refractivity contribution in [2.45, 2.75) is 97.3 Å². The van der Waals surface area contributed by atoms with Crippen molar-refractivity contribution < 1.29 is 28.8 Å². The van der Waals surface area contributed by atoms with Gasteiger partial charge in [0.05, 0.1) is 24.3 Å². The molecule has 0 radical (unpaired) electrons. The van der Waals surface area contributed by atoms with Crippen molar-refractivity contribution in [1.29, 1.82) is 0 Å². The van der Waals surface area contributed by atoms with Crippen molar-refractivity contribution in [3.8, 4) is 0 Å². The number of rotatable bonds is 7. The summed E-state index contributed by atoms with van der Waals surface area (Å²) in [7, 11) is 0. The van der Waals surface area contributed by atoms with Gasteiger partial charge in [-0.15, -0.1) is 0 Å². The molecule has 4 atom stereocenters. The van der Waals surface area contributed by atoms with Crippen LogP contribution in [-0.2, 0) is 18.9 Å². The Hall–Kier alpha value is -0.930. The standard InChI is InChI=1S/C18H36N2O6/c1-9-23-15(24-10-2)12(19)14(21)13-11(3)25-18(7,8)20(13)16(22)26-17(4,5)6/h11-15,21H,9-10,19H2,1-8H3/t11-,12?,13+,14-/m1/s1. The van der Waals surface area contributed by atoms with Gasteiger partial charge in [0.1, 0.15) is 11.3 Å². The molecule has 3 N–H and O–H groups in total. The molecule has 0 saturated carbocycles. The number of amides is 1. The van der Waals surface area contributed by atoms with Crippen molar-refractivity contribution in [2.24, 2.45) is 5.73 Å². The number of aliphatic hydroxyl groups excluding tert-OH is 1. The van der Waals surface area contributed by atoms with Crippen molar-refractivity contribution in [1.82, 2.24) is 4.90 Å². The molecule has 0 aromatic rings. The molecule has 8 heteroatoms. The number of carbonyl (C=O) groups is 1. The molecule has 1 heterocycles. The Balaban J connectivity index is 3.09. The topological polar surface area (TPSA) is 103 Å². The first-order valence-corrected chi connectivity index (χ1v) is 9.22. The molecule has 0 aromatic carbocycles. The highest BCUT2D eigenvalue weighted by molar-refractivity contribution is 5.70. The van der Waals surface area contributed by atoms with E-state index >= 15 is 0 Å². The molecule has 0 aliphatic carbocycles. The number of hydrogen-bond acceptors (Lipinski definition) is 7. The number of hydrogen-bond donors (Lipinski definition) is 2. The van der Waals surface area contributed by atoms with E-state index in [0.717, 1.165) is 0 Å². The maximum absolute atomic E-state index is 12.8. The molecule has 1 saturated heterocycles. The zero-order chi connectivity index (χ0) is 20.3. The number of nitrogens with two attached hydrogens (primary N) is 1. The molecule has 1 aliphatic heterocycles. The van der Waals surface area contributed by atoms with E-state index < -0.39 is 48.0 Å². The van der Waals surface area contributed by atoms with Crippen molar-refractivity contribution in [3.63, 3.8) is 0 Å². The highest BCUT2D eigenvalue weighted by Gasteiger charge is 2.54. The van der Waals surface area contributed by atoms with E-state index in [9.17, 15) is 9.90 Å². The van der Waals surface area contributed by atoms with E-state index in [0.29, 0.717) is 13.2 Å². The molecule has 1 unspecified atom stereocenters. The zero-order valence-corrected chi connectivity index (χ0v) is 17.3. The van der Waals surface area contributed by atoms with E-state index in [1.165, 1.54) is 4.90 Å². The Bertz CT molecular complexity index is 459. The van der Waals surface area contributed by atoms with Crippen LogP contribution in [0.2, 0.25) is 0 Å². The summed E-state index contributed by atoms with van der Waals surface area (Å²) in [6, 6.07) is -1.55. The van der Waals surface area contributed by atoms with Crippen LogP contribution in [0.15, 0.2) is 0 Å². The lowest BCUT2D eigenvalue weighted by Gasteiger charge is -2.39. The molecule has 1 rings (SSSR count). The Labute approximate surface area is 156 Å². The maximum Gasteiger partial charge on any atom is 0.413 e. The zero-order valence-electron chi connectivity index (χ0n) is 17.3. The largest absolute Gasteiger partial charge is 0.444 e. The molecular formula is C18H36N2O6. The highest BCUT2D eigenvalue weighted by Crippen LogP contribution is 2.36. The second-order valence-corrected chi connectivity index (χ2v) is 7.96. The van der Waals surface area contributed by atoms with E-state index in [1.807, 2.05) is 13.8 Å². The van der Waals surface area contributed by atoms with Gasteiger partial charge in [-0.25, -0.2) is 4.79 Å². The minimum Gasteiger partial charge on any atom is -0.444 e. The lowest BCUT2D eigenvalue weighted by molar-refractivity contribution is -0.169. The maximum atomic E-state index is 12.8. The van der Waals surface area contributed by atoms with Gasteiger partial charge in [-0.3, -0.25) is 4.90 Å². The smallest absolute Gasteiger partial charge is 0.413 e. The fourth-order valence-electron chi connectivity index (χ4n) is 3.22. The Morgan fingerprint density at radius 1 is 1.27 bits per heavy atom. The van der Waals surface area contributed by atoms with E-state index in [-0.39, 0.29) is 0 Å². The predicted octanol–water partition coefficient (Wildman–Crippen LogP) is 1.83. The van der Waals surface area contributed by atoms with Gasteiger partial charge >= 0.3 is 6.09 Å². The average molecular weight is 376 g/mol. The molecule has 0 bridgehead atoms. The number of carbonyl (C=O) groups excluding carboxylic acids is 1. The lowest BCUT2D eigenvalue weighted by atomic mass is 9.98. The van der Waals surface area contributed by atoms with Crippen LogP contribution < -0.4 is 5.73 Å². The van der Waals surface area contributed by atoms with Gasteiger partial charge in [0.2, 0.25) is 0 Å². The predicted molar refractivity (Wildman–Crippen MR) is 97.5 cm³/mol. The second kappa shape index (κ2) is 8.84. The van der Waals surface area contributed by atoms with Crippen LogP contribution in [0, 0.1) is 0 Å². The fraction of sp³-hybridized carbons (Fsp3) is 0.944. The number of ether oxygens (including phenoxy) is 4. The van der Waals surface area contributed by atoms with E-state index in [2.05, 4.69) is 0 Å². The molecular weight excluding hydrogens is 340 g/mol. The Morgan fingerprint density at radius 3 is 2.19 bits per heavy atom. The van der Waals surface area contributed by atoms with Crippen molar-refractivity contribution in [2.75, 3.05) is 13.2 Å². The first-order chi connectivity index (χ1) is 11.9. The molecule has 0 spiro atoms. The summed E-state index contributed by atoms with van der Waals surface area (Å²) in [5.74, 6) is 0. The van der Waals surface area contributed by atoms with Crippen LogP contribution in [0.4, 0.5) is 4.79 Å². The summed E-state index contributed by atoms with van der Waals surface area (Å²) in [5.41, 5.74) is 4.60. The normalized spacial score (nSPS) is 25.4. The van der Waals surface area contributed by atoms with Crippen molar-refractivity contribution in [3.05, 3.63) is 0 Å². The summed E-state index contributed by atoms with van der Waals surface area (Å²) >= 11 is 0. The van der Waals surface area contributed by atoms with Crippen LogP contribution in [0.25, 0.3) is 0 Å². The fourth-order valence-corrected chi connectivity index (χ4v) is 3.22. The molecule has 1 amide bonds. The third-order valence-corrected chi connectivity index (χ3v) is 4.14. The van der Waals surface area contributed by atoms with Gasteiger partial charge in [-0.2, -0.15) is 0 Å². The number of aliphatic hydroxyl groups is 1. The molecule has 1 fully saturated rings. The Kier molecular flexibility index (Phi) is 7.86. The first-order valence-electron chi connectivity index (χ1n) is 9.22. The monoisotopic (exact) mass is 376 g/mol. The van der Waals surface area contributed by atoms with Gasteiger partial charge in [0, 0.05) is 13.2 Å². The summed E-state index contributed by atoms with van der Waals surface area (Å²) in [5, 5.41) is 10.9. The summed E-state index contributed by atoms with van der Waals surface area (Å²) in [6.45, 7) is 15.1. The second-order valence-electron chi connectivity index (χ2n) is 7.96. The first kappa shape index (κ1) is 23.1. The highest BCUT2D eigenvalue weighted by atomic mass is 16.7. The minimum atomic E-state index is -1.12. The molecule has 0 aromatic heterocycles. The average Bonchev–Trinajstić information content (AvgIpc) is 2.72. The van der Waals surface area contributed by atoms with Gasteiger partial charge in [0.15, 0.2) is 6.29 Å². The van der Waals surface area contributed by atoms with Gasteiger partial charge < -0.3 is 29.8 Å². The molecule has 26 heavy (non-hydrogen) atoms. The van der Waals surface area contributed by atoms with Crippen LogP contribution in [0.1, 0.15) is 55.4 Å². The van der Waals surface area contributed by atoms with Crippen LogP contribution in [-0.4, -0.2) is 71.2 Å². The van der Waals surface area contributed by atoms with Gasteiger partial charge in [-0.05, 0) is 55.4 Å². The molecule has 154 valence electrons. The summed E-state index contributed by atoms with van der Waals surface area (Å²) in [6.07, 6.45) is -2.91. The van der Waals surface area contributed by atoms with Gasteiger partial charge in [-0.1, -0.05) is 0 Å². The van der Waals surface area contributed by atoms with E-state index in [4.69, 9.17) is 24.7 Å². The quantitative estimate of drug-likeness (QED) is 0.653. The van der Waals surface area contributed by atoms with Crippen LogP contribution >= 0.6 is 0 Å². The van der Waals surface area contributed by atoms with Crippen molar-refractivity contribution >= 4 is 6.09 Å². The summed E-state index contributed by atoms with van der Waals surface area (Å²) < 4.78 is 22.4. The van der Waals surface area contributed by atoms with Gasteiger partial charge in [0.25, 0.3) is 0 Å². The third kappa shape index (κ3) is 5.53. The number of nitrogens with zero attached hydrogens (tertiary/aromatic N) is 1. The summed E-state index contributed by atoms with van der Waals surface area (Å²) in [4.78, 5) is 14.2. The van der Waals surface area contributed by atoms with Crippen LogP contribution in [0.3, 0.4) is 0 Å². The Morgan fingerprint density at radius 2 is 1.77 bits per heavy atom. The lowest BCUT2D eigenvalue weighted by Crippen LogP contribution is -2.60. The molecule has 8 nitrogen and oxygen atoms in total. The van der Waals surface area contributed by atoms with Crippen LogP contribution in [0.5, 0.6) is 0 Å². The SMILES string of the molecule is CCOC(OCC)C(N)[C@@H](O)[C@@H]1[C@@H](C)OC(C)(C)N1C(=O)OC(C)(C)C.